The molecule has 0 spiro atoms. The first-order valence-corrected chi connectivity index (χ1v) is 4.69. The van der Waals surface area contributed by atoms with Gasteiger partial charge in [-0.2, -0.15) is 0 Å². The molecule has 0 aromatic carbocycles. The van der Waals surface area contributed by atoms with Crippen molar-refractivity contribution >= 4 is 8.80 Å². The minimum atomic E-state index is -3.81. The van der Waals surface area contributed by atoms with Crippen LogP contribution in [0.15, 0.2) is 0 Å². The zero-order valence-corrected chi connectivity index (χ0v) is 6.04. The molecule has 9 heavy (non-hydrogen) atoms. The van der Waals surface area contributed by atoms with Gasteiger partial charge in [0.25, 0.3) is 0 Å². The minimum absolute atomic E-state index is 0.00972. The van der Waals surface area contributed by atoms with Gasteiger partial charge in [0.15, 0.2) is 0 Å². The van der Waals surface area contributed by atoms with Crippen LogP contribution in [0, 0.1) is 0 Å². The molecule has 6 N–H and O–H groups in total. The van der Waals surface area contributed by atoms with E-state index in [9.17, 15) is 0 Å². The average Bonchev–Trinajstić information content (AvgIpc) is 1.63. The van der Waals surface area contributed by atoms with Crippen LogP contribution in [0.4, 0.5) is 0 Å². The van der Waals surface area contributed by atoms with Crippen LogP contribution < -0.4 is 11.1 Å². The minimum Gasteiger partial charge on any atom is -0.390 e. The van der Waals surface area contributed by atoms with Gasteiger partial charge >= 0.3 is 8.80 Å². The Bertz CT molecular complexity index is 73.9. The Morgan fingerprint density at radius 3 is 2.22 bits per heavy atom. The molecule has 6 heteroatoms. The summed E-state index contributed by atoms with van der Waals surface area (Å²) in [4.78, 5) is 25.2. The van der Waals surface area contributed by atoms with E-state index in [0.717, 1.165) is 0 Å². The molecule has 0 bridgehead atoms. The molecule has 0 aliphatic carbocycles. The van der Waals surface area contributed by atoms with Gasteiger partial charge in [0.1, 0.15) is 0 Å². The molecule has 0 atom stereocenters. The van der Waals surface area contributed by atoms with Crippen LogP contribution in [0.25, 0.3) is 0 Å². The molecule has 0 saturated carbocycles. The van der Waals surface area contributed by atoms with E-state index < -0.39 is 8.80 Å². The third-order valence-electron chi connectivity index (χ3n) is 0.782. The number of nitrogens with two attached hydrogens (primary N) is 1. The summed E-state index contributed by atoms with van der Waals surface area (Å²) < 4.78 is 0. The summed E-state index contributed by atoms with van der Waals surface area (Å²) in [6.45, 7) is 0.622. The van der Waals surface area contributed by atoms with Gasteiger partial charge in [-0.3, -0.25) is 0 Å². The van der Waals surface area contributed by atoms with Crippen molar-refractivity contribution in [3.63, 3.8) is 0 Å². The van der Waals surface area contributed by atoms with E-state index in [1.807, 2.05) is 0 Å². The highest BCUT2D eigenvalue weighted by Crippen LogP contribution is 1.91. The molecule has 0 rings (SSSR count). The standard InChI is InChI=1S/C3H12N2O3Si/c4-3-5-1-2-9(6,7)8/h5-8H,1-4H2. The largest absolute Gasteiger partial charge is 0.494 e. The SMILES string of the molecule is NCNCC[Si](O)(O)O. The maximum absolute atomic E-state index is 8.41. The van der Waals surface area contributed by atoms with Crippen molar-refractivity contribution in [3.8, 4) is 0 Å². The predicted molar refractivity (Wildman–Crippen MR) is 34.3 cm³/mol. The van der Waals surface area contributed by atoms with Gasteiger partial charge < -0.3 is 25.4 Å². The fourth-order valence-corrected chi connectivity index (χ4v) is 0.870. The lowest BCUT2D eigenvalue weighted by Gasteiger charge is -2.07. The van der Waals surface area contributed by atoms with Gasteiger partial charge in [0.05, 0.1) is 0 Å². The molecular formula is C3H12N2O3Si. The maximum atomic E-state index is 8.41. The van der Waals surface area contributed by atoms with Crippen LogP contribution in [0.2, 0.25) is 6.04 Å². The Morgan fingerprint density at radius 2 is 1.89 bits per heavy atom. The Morgan fingerprint density at radius 1 is 1.33 bits per heavy atom. The number of nitrogens with one attached hydrogen (secondary N) is 1. The van der Waals surface area contributed by atoms with E-state index in [2.05, 4.69) is 5.32 Å². The lowest BCUT2D eigenvalue weighted by Crippen LogP contribution is -2.38. The zero-order valence-electron chi connectivity index (χ0n) is 5.04. The Balaban J connectivity index is 3.07. The van der Waals surface area contributed by atoms with Crippen LogP contribution in [0.3, 0.4) is 0 Å². The summed E-state index contributed by atoms with van der Waals surface area (Å²) >= 11 is 0. The molecule has 5 nitrogen and oxygen atoms in total. The second kappa shape index (κ2) is 3.93. The van der Waals surface area contributed by atoms with Crippen molar-refractivity contribution in [1.29, 1.82) is 0 Å². The van der Waals surface area contributed by atoms with Crippen molar-refractivity contribution in [2.75, 3.05) is 13.2 Å². The van der Waals surface area contributed by atoms with Gasteiger partial charge in [0, 0.05) is 19.3 Å². The van der Waals surface area contributed by atoms with Gasteiger partial charge in [-0.1, -0.05) is 0 Å². The first-order valence-electron chi connectivity index (χ1n) is 2.64. The van der Waals surface area contributed by atoms with Gasteiger partial charge in [-0.15, -0.1) is 0 Å². The number of hydrogen-bond acceptors (Lipinski definition) is 5. The quantitative estimate of drug-likeness (QED) is 0.173. The summed E-state index contributed by atoms with van der Waals surface area (Å²) in [5, 5.41) is 2.64. The van der Waals surface area contributed by atoms with E-state index in [0.29, 0.717) is 6.54 Å². The molecule has 0 aromatic heterocycles. The second-order valence-electron chi connectivity index (χ2n) is 1.73. The fourth-order valence-electron chi connectivity index (χ4n) is 0.358. The van der Waals surface area contributed by atoms with E-state index in [1.165, 1.54) is 0 Å². The fraction of sp³-hybridized carbons (Fsp3) is 1.00. The van der Waals surface area contributed by atoms with Crippen LogP contribution in [0.1, 0.15) is 0 Å². The van der Waals surface area contributed by atoms with Crippen LogP contribution in [-0.4, -0.2) is 36.4 Å². The molecule has 0 aromatic rings. The molecular weight excluding hydrogens is 140 g/mol. The van der Waals surface area contributed by atoms with E-state index in [-0.39, 0.29) is 12.7 Å². The van der Waals surface area contributed by atoms with E-state index in [1.54, 1.807) is 0 Å². The lowest BCUT2D eigenvalue weighted by atomic mass is 10.7. The number of rotatable bonds is 4. The third kappa shape index (κ3) is 8.02. The molecule has 0 aliphatic heterocycles. The van der Waals surface area contributed by atoms with Crippen molar-refractivity contribution < 1.29 is 14.4 Å². The lowest BCUT2D eigenvalue weighted by molar-refractivity contribution is 0.227. The maximum Gasteiger partial charge on any atom is 0.494 e. The van der Waals surface area contributed by atoms with Crippen molar-refractivity contribution in [1.82, 2.24) is 5.32 Å². The zero-order chi connectivity index (χ0) is 7.33. The highest BCUT2D eigenvalue weighted by Gasteiger charge is 2.25. The summed E-state index contributed by atoms with van der Waals surface area (Å²) in [5.74, 6) is 0. The predicted octanol–water partition coefficient (Wildman–Crippen LogP) is -2.59. The van der Waals surface area contributed by atoms with Crippen molar-refractivity contribution in [3.05, 3.63) is 0 Å². The van der Waals surface area contributed by atoms with Crippen LogP contribution in [-0.2, 0) is 0 Å². The topological polar surface area (TPSA) is 98.7 Å². The summed E-state index contributed by atoms with van der Waals surface area (Å²) in [5.41, 5.74) is 5.02. The summed E-state index contributed by atoms with van der Waals surface area (Å²) in [6, 6.07) is -0.00972. The molecule has 0 unspecified atom stereocenters. The first kappa shape index (κ1) is 9.02. The average molecular weight is 152 g/mol. The third-order valence-corrected chi connectivity index (χ3v) is 1.70. The summed E-state index contributed by atoms with van der Waals surface area (Å²) in [7, 11) is -3.81. The van der Waals surface area contributed by atoms with Crippen molar-refractivity contribution in [2.24, 2.45) is 5.73 Å². The van der Waals surface area contributed by atoms with Crippen LogP contribution in [0.5, 0.6) is 0 Å². The molecule has 0 fully saturated rings. The Hall–Kier alpha value is 0.0169. The van der Waals surface area contributed by atoms with Gasteiger partial charge in [-0.25, -0.2) is 0 Å². The highest BCUT2D eigenvalue weighted by molar-refractivity contribution is 6.56. The Kier molecular flexibility index (Phi) is 3.94. The molecule has 0 heterocycles. The number of hydrogen-bond donors (Lipinski definition) is 5. The van der Waals surface area contributed by atoms with Gasteiger partial charge in [0.2, 0.25) is 0 Å². The smallest absolute Gasteiger partial charge is 0.390 e. The second-order valence-corrected chi connectivity index (χ2v) is 3.78. The highest BCUT2D eigenvalue weighted by atomic mass is 28.4. The first-order chi connectivity index (χ1) is 4.06. The molecule has 56 valence electrons. The van der Waals surface area contributed by atoms with Crippen LogP contribution >= 0.6 is 0 Å². The molecule has 0 amide bonds. The van der Waals surface area contributed by atoms with Gasteiger partial charge in [-0.05, 0) is 0 Å². The van der Waals surface area contributed by atoms with E-state index >= 15 is 0 Å². The molecule has 0 saturated heterocycles. The van der Waals surface area contributed by atoms with Crippen molar-refractivity contribution in [2.45, 2.75) is 6.04 Å². The Labute approximate surface area is 54.5 Å². The van der Waals surface area contributed by atoms with E-state index in [4.69, 9.17) is 20.1 Å². The summed E-state index contributed by atoms with van der Waals surface area (Å²) in [6.07, 6.45) is 0. The monoisotopic (exact) mass is 152 g/mol. The molecule has 0 aliphatic rings. The normalized spacial score (nSPS) is 12.0. The molecule has 0 radical (unpaired) electrons.